The molecule has 0 unspecified atom stereocenters. The third-order valence-electron chi connectivity index (χ3n) is 6.39. The summed E-state index contributed by atoms with van der Waals surface area (Å²) in [6, 6.07) is 15.0. The summed E-state index contributed by atoms with van der Waals surface area (Å²) >= 11 is 0. The van der Waals surface area contributed by atoms with Gasteiger partial charge in [0.1, 0.15) is 0 Å². The summed E-state index contributed by atoms with van der Waals surface area (Å²) in [5.74, 6) is 0.862. The lowest BCUT2D eigenvalue weighted by molar-refractivity contribution is -0.130. The molecule has 1 N–H and O–H groups in total. The van der Waals surface area contributed by atoms with Gasteiger partial charge in [0.25, 0.3) is 5.56 Å². The zero-order chi connectivity index (χ0) is 20.8. The zero-order valence-corrected chi connectivity index (χ0v) is 16.8. The number of benzene rings is 1. The van der Waals surface area contributed by atoms with Crippen LogP contribution in [0.4, 0.5) is 0 Å². The SMILES string of the molecule is CC(=O)N1C[C@H]2CN(Cc3cc(=O)n4cccc(O)c4n3)C[C@H]2[C@H]1c1ccccc1. The van der Waals surface area contributed by atoms with Crippen molar-refractivity contribution in [2.45, 2.75) is 19.5 Å². The Bertz CT molecular complexity index is 1160. The number of aromatic hydroxyl groups is 1. The van der Waals surface area contributed by atoms with Crippen LogP contribution < -0.4 is 5.56 Å². The van der Waals surface area contributed by atoms with Gasteiger partial charge in [0.15, 0.2) is 11.4 Å². The van der Waals surface area contributed by atoms with Gasteiger partial charge in [0.05, 0.1) is 11.7 Å². The number of pyridine rings is 1. The average molecular weight is 404 g/mol. The number of rotatable bonds is 3. The van der Waals surface area contributed by atoms with Crippen molar-refractivity contribution >= 4 is 11.6 Å². The number of hydrogen-bond donors (Lipinski definition) is 1. The van der Waals surface area contributed by atoms with Gasteiger partial charge < -0.3 is 10.0 Å². The Kier molecular flexibility index (Phi) is 4.55. The van der Waals surface area contributed by atoms with Gasteiger partial charge in [-0.2, -0.15) is 0 Å². The van der Waals surface area contributed by atoms with Gasteiger partial charge in [-0.15, -0.1) is 0 Å². The van der Waals surface area contributed by atoms with E-state index in [2.05, 4.69) is 22.0 Å². The quantitative estimate of drug-likeness (QED) is 0.723. The normalized spacial score (nSPS) is 23.8. The molecule has 4 heterocycles. The number of likely N-dealkylation sites (tertiary alicyclic amines) is 2. The van der Waals surface area contributed by atoms with E-state index in [1.54, 1.807) is 19.2 Å². The molecular weight excluding hydrogens is 380 g/mol. The average Bonchev–Trinajstić information content (AvgIpc) is 3.27. The molecule has 0 radical (unpaired) electrons. The summed E-state index contributed by atoms with van der Waals surface area (Å²) in [7, 11) is 0. The van der Waals surface area contributed by atoms with Crippen LogP contribution in [0.1, 0.15) is 24.2 Å². The van der Waals surface area contributed by atoms with E-state index in [1.807, 2.05) is 23.1 Å². The van der Waals surface area contributed by atoms with E-state index in [1.165, 1.54) is 22.1 Å². The van der Waals surface area contributed by atoms with E-state index in [4.69, 9.17) is 0 Å². The summed E-state index contributed by atoms with van der Waals surface area (Å²) in [5.41, 5.74) is 1.91. The molecule has 2 saturated heterocycles. The van der Waals surface area contributed by atoms with Crippen molar-refractivity contribution in [1.29, 1.82) is 0 Å². The fourth-order valence-electron chi connectivity index (χ4n) is 5.14. The molecule has 0 spiro atoms. The second-order valence-electron chi connectivity index (χ2n) is 8.32. The fraction of sp³-hybridized carbons (Fsp3) is 0.348. The first kappa shape index (κ1) is 18.8. The second kappa shape index (κ2) is 7.25. The Balaban J connectivity index is 1.40. The molecule has 3 atom stereocenters. The van der Waals surface area contributed by atoms with Gasteiger partial charge in [-0.3, -0.25) is 18.9 Å². The second-order valence-corrected chi connectivity index (χ2v) is 8.32. The van der Waals surface area contributed by atoms with Crippen molar-refractivity contribution in [3.63, 3.8) is 0 Å². The van der Waals surface area contributed by atoms with Crippen molar-refractivity contribution in [3.05, 3.63) is 76.3 Å². The van der Waals surface area contributed by atoms with E-state index in [0.717, 1.165) is 19.6 Å². The molecule has 3 aromatic rings. The van der Waals surface area contributed by atoms with E-state index in [-0.39, 0.29) is 28.9 Å². The predicted octanol–water partition coefficient (Wildman–Crippen LogP) is 2.05. The molecule has 1 aromatic carbocycles. The molecule has 7 nitrogen and oxygen atoms in total. The van der Waals surface area contributed by atoms with Crippen LogP contribution in [0, 0.1) is 11.8 Å². The minimum Gasteiger partial charge on any atom is -0.504 e. The number of amides is 1. The van der Waals surface area contributed by atoms with Crippen molar-refractivity contribution < 1.29 is 9.90 Å². The van der Waals surface area contributed by atoms with Gasteiger partial charge in [-0.1, -0.05) is 30.3 Å². The fourth-order valence-corrected chi connectivity index (χ4v) is 5.14. The summed E-state index contributed by atoms with van der Waals surface area (Å²) in [6.45, 7) is 4.66. The monoisotopic (exact) mass is 404 g/mol. The maximum atomic E-state index is 12.4. The van der Waals surface area contributed by atoms with E-state index in [0.29, 0.717) is 24.1 Å². The molecule has 30 heavy (non-hydrogen) atoms. The Morgan fingerprint density at radius 2 is 1.93 bits per heavy atom. The molecule has 0 saturated carbocycles. The maximum absolute atomic E-state index is 12.4. The van der Waals surface area contributed by atoms with Crippen LogP contribution in [0.25, 0.3) is 5.65 Å². The first-order chi connectivity index (χ1) is 14.5. The Labute approximate surface area is 174 Å². The smallest absolute Gasteiger partial charge is 0.258 e. The first-order valence-electron chi connectivity index (χ1n) is 10.3. The van der Waals surface area contributed by atoms with Gasteiger partial charge in [0, 0.05) is 51.3 Å². The lowest BCUT2D eigenvalue weighted by Crippen LogP contribution is -2.34. The molecule has 7 heteroatoms. The van der Waals surface area contributed by atoms with Crippen LogP contribution in [0.5, 0.6) is 5.75 Å². The Morgan fingerprint density at radius 1 is 1.13 bits per heavy atom. The predicted molar refractivity (Wildman–Crippen MR) is 112 cm³/mol. The van der Waals surface area contributed by atoms with Crippen molar-refractivity contribution in [2.24, 2.45) is 11.8 Å². The number of fused-ring (bicyclic) bond motifs is 2. The molecule has 5 rings (SSSR count). The Hall–Kier alpha value is -3.19. The number of nitrogens with zero attached hydrogens (tertiary/aromatic N) is 4. The summed E-state index contributed by atoms with van der Waals surface area (Å²) in [4.78, 5) is 33.5. The van der Waals surface area contributed by atoms with E-state index < -0.39 is 0 Å². The largest absolute Gasteiger partial charge is 0.504 e. The summed E-state index contributed by atoms with van der Waals surface area (Å²) < 4.78 is 1.35. The van der Waals surface area contributed by atoms with Crippen molar-refractivity contribution in [3.8, 4) is 5.75 Å². The number of aromatic nitrogens is 2. The highest BCUT2D eigenvalue weighted by Gasteiger charge is 2.48. The van der Waals surface area contributed by atoms with Gasteiger partial charge >= 0.3 is 0 Å². The maximum Gasteiger partial charge on any atom is 0.258 e. The first-order valence-corrected chi connectivity index (χ1v) is 10.3. The van der Waals surface area contributed by atoms with Crippen molar-refractivity contribution in [2.75, 3.05) is 19.6 Å². The highest BCUT2D eigenvalue weighted by atomic mass is 16.3. The molecule has 2 aliphatic rings. The lowest BCUT2D eigenvalue weighted by atomic mass is 9.89. The molecule has 1 amide bonds. The standard InChI is InChI=1S/C23H24N4O3/c1-15(28)27-12-17-11-25(14-19(17)22(27)16-6-3-2-4-7-16)13-18-10-21(30)26-9-5-8-20(29)23(26)24-18/h2-10,17,19,22,29H,11-14H2,1H3/t17-,19-,22-/m1/s1. The van der Waals surface area contributed by atoms with Crippen LogP contribution in [0.3, 0.4) is 0 Å². The molecular formula is C23H24N4O3. The van der Waals surface area contributed by atoms with E-state index >= 15 is 0 Å². The third kappa shape index (κ3) is 3.15. The number of carbonyl (C=O) groups excluding carboxylic acids is 1. The third-order valence-corrected chi connectivity index (χ3v) is 6.39. The summed E-state index contributed by atoms with van der Waals surface area (Å²) in [6.07, 6.45) is 1.61. The van der Waals surface area contributed by atoms with Gasteiger partial charge in [0.2, 0.25) is 5.91 Å². The number of carbonyl (C=O) groups is 1. The molecule has 2 aromatic heterocycles. The zero-order valence-electron chi connectivity index (χ0n) is 16.8. The summed E-state index contributed by atoms with van der Waals surface area (Å²) in [5, 5.41) is 10.1. The van der Waals surface area contributed by atoms with Gasteiger partial charge in [-0.05, 0) is 23.6 Å². The van der Waals surface area contributed by atoms with Crippen molar-refractivity contribution in [1.82, 2.24) is 19.2 Å². The van der Waals surface area contributed by atoms with Crippen LogP contribution in [0.15, 0.2) is 59.5 Å². The van der Waals surface area contributed by atoms with Crippen LogP contribution in [0.2, 0.25) is 0 Å². The van der Waals surface area contributed by atoms with Crippen LogP contribution in [-0.2, 0) is 11.3 Å². The number of hydrogen-bond acceptors (Lipinski definition) is 5. The van der Waals surface area contributed by atoms with Gasteiger partial charge in [-0.25, -0.2) is 4.98 Å². The highest BCUT2D eigenvalue weighted by Crippen LogP contribution is 2.45. The molecule has 0 bridgehead atoms. The molecule has 154 valence electrons. The minimum absolute atomic E-state index is 0.00372. The van der Waals surface area contributed by atoms with Crippen LogP contribution >= 0.6 is 0 Å². The molecule has 2 fully saturated rings. The highest BCUT2D eigenvalue weighted by molar-refractivity contribution is 5.74. The lowest BCUT2D eigenvalue weighted by Gasteiger charge is -2.29. The van der Waals surface area contributed by atoms with Crippen LogP contribution in [-0.4, -0.2) is 49.8 Å². The van der Waals surface area contributed by atoms with E-state index in [9.17, 15) is 14.7 Å². The molecule has 2 aliphatic heterocycles. The molecule has 0 aliphatic carbocycles. The topological polar surface area (TPSA) is 78.2 Å². The Morgan fingerprint density at radius 3 is 2.70 bits per heavy atom. The minimum atomic E-state index is -0.199.